The lowest BCUT2D eigenvalue weighted by Gasteiger charge is -2.29. The zero-order valence-electron chi connectivity index (χ0n) is 18.3. The monoisotopic (exact) mass is 478 g/mol. The Morgan fingerprint density at radius 1 is 1.09 bits per heavy atom. The quantitative estimate of drug-likeness (QED) is 0.569. The number of hydrogen-bond donors (Lipinski definition) is 1. The molecule has 1 heterocycles. The van der Waals surface area contributed by atoms with Crippen molar-refractivity contribution >= 4 is 35.0 Å². The largest absolute Gasteiger partial charge is 0.486 e. The molecule has 0 bridgehead atoms. The van der Waals surface area contributed by atoms with Crippen molar-refractivity contribution in [3.63, 3.8) is 0 Å². The molecule has 0 saturated carbocycles. The number of carbonyl (C=O) groups is 2. The predicted molar refractivity (Wildman–Crippen MR) is 126 cm³/mol. The van der Waals surface area contributed by atoms with Gasteiger partial charge in [-0.05, 0) is 55.2 Å². The topological polar surface area (TPSA) is 67.9 Å². The zero-order chi connectivity index (χ0) is 23.1. The minimum Gasteiger partial charge on any atom is -0.486 e. The minimum absolute atomic E-state index is 0.134. The van der Waals surface area contributed by atoms with Crippen molar-refractivity contribution in [3.05, 3.63) is 57.6 Å². The molecular formula is C24H28Cl2N2O4. The normalized spacial score (nSPS) is 13.4. The molecule has 3 rings (SSSR count). The SMILES string of the molecule is CCCNC(=O)C(C)N(Cc1ccc(Cl)cc1Cl)C(=O)CCc1ccc2c(c1)OCCO2. The lowest BCUT2D eigenvalue weighted by Crippen LogP contribution is -2.47. The Balaban J connectivity index is 1.73. The molecule has 32 heavy (non-hydrogen) atoms. The van der Waals surface area contributed by atoms with Crippen LogP contribution in [-0.4, -0.2) is 42.5 Å². The number of ether oxygens (including phenoxy) is 2. The third-order valence-corrected chi connectivity index (χ3v) is 5.89. The summed E-state index contributed by atoms with van der Waals surface area (Å²) < 4.78 is 11.2. The van der Waals surface area contributed by atoms with Crippen LogP contribution in [-0.2, 0) is 22.6 Å². The maximum atomic E-state index is 13.2. The molecule has 2 aromatic carbocycles. The Kier molecular flexibility index (Phi) is 8.65. The molecule has 172 valence electrons. The van der Waals surface area contributed by atoms with Gasteiger partial charge < -0.3 is 19.7 Å². The van der Waals surface area contributed by atoms with Crippen molar-refractivity contribution in [3.8, 4) is 11.5 Å². The van der Waals surface area contributed by atoms with E-state index in [1.807, 2.05) is 25.1 Å². The Morgan fingerprint density at radius 3 is 2.56 bits per heavy atom. The van der Waals surface area contributed by atoms with Gasteiger partial charge in [0.1, 0.15) is 19.3 Å². The van der Waals surface area contributed by atoms with Crippen LogP contribution in [0.4, 0.5) is 0 Å². The van der Waals surface area contributed by atoms with Crippen molar-refractivity contribution in [2.45, 2.75) is 45.7 Å². The average molecular weight is 479 g/mol. The van der Waals surface area contributed by atoms with Gasteiger partial charge in [0.25, 0.3) is 0 Å². The third kappa shape index (κ3) is 6.30. The molecule has 1 aliphatic rings. The van der Waals surface area contributed by atoms with Crippen molar-refractivity contribution in [2.75, 3.05) is 19.8 Å². The second-order valence-corrected chi connectivity index (χ2v) is 8.55. The summed E-state index contributed by atoms with van der Waals surface area (Å²) in [5, 5.41) is 3.85. The summed E-state index contributed by atoms with van der Waals surface area (Å²) in [5.74, 6) is 1.08. The van der Waals surface area contributed by atoms with Gasteiger partial charge in [-0.3, -0.25) is 9.59 Å². The standard InChI is InChI=1S/C24H28Cl2N2O4/c1-3-10-27-24(30)16(2)28(15-18-6-7-19(25)14-20(18)26)23(29)9-5-17-4-8-21-22(13-17)32-12-11-31-21/h4,6-8,13-14,16H,3,5,9-12,15H2,1-2H3,(H,27,30). The summed E-state index contributed by atoms with van der Waals surface area (Å²) in [6.45, 7) is 5.53. The third-order valence-electron chi connectivity index (χ3n) is 5.31. The first-order valence-electron chi connectivity index (χ1n) is 10.8. The number of halogens is 2. The highest BCUT2D eigenvalue weighted by Gasteiger charge is 2.26. The fraction of sp³-hybridized carbons (Fsp3) is 0.417. The Labute approximate surface area is 198 Å². The van der Waals surface area contributed by atoms with Crippen LogP contribution in [0.15, 0.2) is 36.4 Å². The van der Waals surface area contributed by atoms with Crippen LogP contribution in [0.25, 0.3) is 0 Å². The molecule has 0 saturated heterocycles. The van der Waals surface area contributed by atoms with Crippen LogP contribution in [0.5, 0.6) is 11.5 Å². The number of fused-ring (bicyclic) bond motifs is 1. The molecule has 8 heteroatoms. The fourth-order valence-corrected chi connectivity index (χ4v) is 3.92. The summed E-state index contributed by atoms with van der Waals surface area (Å²) in [6, 6.07) is 10.2. The van der Waals surface area contributed by atoms with Crippen molar-refractivity contribution in [1.29, 1.82) is 0 Å². The van der Waals surface area contributed by atoms with Gasteiger partial charge in [-0.1, -0.05) is 42.3 Å². The molecule has 2 amide bonds. The molecule has 0 aliphatic carbocycles. The first kappa shape index (κ1) is 24.2. The lowest BCUT2D eigenvalue weighted by molar-refractivity contribution is -0.140. The van der Waals surface area contributed by atoms with E-state index in [1.54, 1.807) is 30.0 Å². The second-order valence-electron chi connectivity index (χ2n) is 7.70. The van der Waals surface area contributed by atoms with E-state index in [1.165, 1.54) is 0 Å². The maximum absolute atomic E-state index is 13.2. The van der Waals surface area contributed by atoms with E-state index in [2.05, 4.69) is 5.32 Å². The van der Waals surface area contributed by atoms with E-state index in [0.717, 1.165) is 17.5 Å². The molecule has 1 atom stereocenters. The first-order chi connectivity index (χ1) is 15.4. The number of carbonyl (C=O) groups excluding carboxylic acids is 2. The van der Waals surface area contributed by atoms with Crippen LogP contribution in [0.3, 0.4) is 0 Å². The summed E-state index contributed by atoms with van der Waals surface area (Å²) in [6.07, 6.45) is 1.58. The summed E-state index contributed by atoms with van der Waals surface area (Å²) in [7, 11) is 0. The van der Waals surface area contributed by atoms with Crippen LogP contribution >= 0.6 is 23.2 Å². The Hall–Kier alpha value is -2.44. The second kappa shape index (κ2) is 11.4. The van der Waals surface area contributed by atoms with Gasteiger partial charge in [0, 0.05) is 29.6 Å². The molecule has 1 unspecified atom stereocenters. The van der Waals surface area contributed by atoms with Crippen LogP contribution in [0, 0.1) is 0 Å². The highest BCUT2D eigenvalue weighted by molar-refractivity contribution is 6.35. The smallest absolute Gasteiger partial charge is 0.242 e. The number of benzene rings is 2. The van der Waals surface area contributed by atoms with Crippen molar-refractivity contribution in [1.82, 2.24) is 10.2 Å². The van der Waals surface area contributed by atoms with Crippen LogP contribution < -0.4 is 14.8 Å². The van der Waals surface area contributed by atoms with E-state index >= 15 is 0 Å². The summed E-state index contributed by atoms with van der Waals surface area (Å²) in [4.78, 5) is 27.4. The molecule has 0 spiro atoms. The number of nitrogens with one attached hydrogen (secondary N) is 1. The molecule has 6 nitrogen and oxygen atoms in total. The number of amides is 2. The Bertz CT molecular complexity index is 967. The van der Waals surface area contributed by atoms with E-state index < -0.39 is 6.04 Å². The average Bonchev–Trinajstić information content (AvgIpc) is 2.80. The summed E-state index contributed by atoms with van der Waals surface area (Å²) >= 11 is 12.3. The van der Waals surface area contributed by atoms with Gasteiger partial charge in [-0.2, -0.15) is 0 Å². The van der Waals surface area contributed by atoms with Crippen LogP contribution in [0.2, 0.25) is 10.0 Å². The highest BCUT2D eigenvalue weighted by Crippen LogP contribution is 2.31. The highest BCUT2D eigenvalue weighted by atomic mass is 35.5. The molecule has 1 aliphatic heterocycles. The van der Waals surface area contributed by atoms with Gasteiger partial charge >= 0.3 is 0 Å². The summed E-state index contributed by atoms with van der Waals surface area (Å²) in [5.41, 5.74) is 1.70. The predicted octanol–water partition coefficient (Wildman–Crippen LogP) is 4.64. The van der Waals surface area contributed by atoms with Crippen molar-refractivity contribution < 1.29 is 19.1 Å². The van der Waals surface area contributed by atoms with E-state index in [9.17, 15) is 9.59 Å². The van der Waals surface area contributed by atoms with Gasteiger partial charge in [0.2, 0.25) is 11.8 Å². The van der Waals surface area contributed by atoms with E-state index in [0.29, 0.717) is 47.7 Å². The maximum Gasteiger partial charge on any atom is 0.242 e. The number of aryl methyl sites for hydroxylation is 1. The molecule has 0 fully saturated rings. The Morgan fingerprint density at radius 2 is 1.84 bits per heavy atom. The van der Waals surface area contributed by atoms with E-state index in [4.69, 9.17) is 32.7 Å². The molecule has 2 aromatic rings. The molecular weight excluding hydrogens is 451 g/mol. The number of nitrogens with zero attached hydrogens (tertiary/aromatic N) is 1. The minimum atomic E-state index is -0.638. The first-order valence-corrected chi connectivity index (χ1v) is 11.5. The van der Waals surface area contributed by atoms with E-state index in [-0.39, 0.29) is 24.8 Å². The molecule has 0 radical (unpaired) electrons. The van der Waals surface area contributed by atoms with Gasteiger partial charge in [-0.25, -0.2) is 0 Å². The number of rotatable bonds is 9. The fourth-order valence-electron chi connectivity index (χ4n) is 3.45. The van der Waals surface area contributed by atoms with Gasteiger partial charge in [0.15, 0.2) is 11.5 Å². The number of hydrogen-bond acceptors (Lipinski definition) is 4. The zero-order valence-corrected chi connectivity index (χ0v) is 19.8. The van der Waals surface area contributed by atoms with Gasteiger partial charge in [0.05, 0.1) is 0 Å². The van der Waals surface area contributed by atoms with Gasteiger partial charge in [-0.15, -0.1) is 0 Å². The van der Waals surface area contributed by atoms with Crippen molar-refractivity contribution in [2.24, 2.45) is 0 Å². The molecule has 0 aromatic heterocycles. The van der Waals surface area contributed by atoms with Crippen LogP contribution in [0.1, 0.15) is 37.8 Å². The molecule has 1 N–H and O–H groups in total. The lowest BCUT2D eigenvalue weighted by atomic mass is 10.1.